The van der Waals surface area contributed by atoms with Crippen molar-refractivity contribution in [1.29, 1.82) is 0 Å². The maximum absolute atomic E-state index is 6.12. The van der Waals surface area contributed by atoms with E-state index in [1.165, 1.54) is 16.3 Å². The molecule has 0 aliphatic carbocycles. The van der Waals surface area contributed by atoms with Crippen molar-refractivity contribution in [3.63, 3.8) is 0 Å². The molecular weight excluding hydrogens is 411 g/mol. The third kappa shape index (κ3) is 2.42. The van der Waals surface area contributed by atoms with Gasteiger partial charge in [0.1, 0.15) is 0 Å². The number of halogens is 2. The highest BCUT2D eigenvalue weighted by atomic mass is 127. The monoisotopic (exact) mass is 418 g/mol. The van der Waals surface area contributed by atoms with Crippen LogP contribution < -0.4 is 5.73 Å². The Balaban J connectivity index is 2.17. The van der Waals surface area contributed by atoms with Crippen LogP contribution >= 0.6 is 46.0 Å². The molecule has 0 aliphatic rings. The van der Waals surface area contributed by atoms with Crippen LogP contribution in [0.4, 0.5) is 5.95 Å². The summed E-state index contributed by atoms with van der Waals surface area (Å²) >= 11 is 9.68. The smallest absolute Gasteiger partial charge is 0.258 e. The lowest BCUT2D eigenvalue weighted by molar-refractivity contribution is 0.851. The van der Waals surface area contributed by atoms with Gasteiger partial charge in [-0.05, 0) is 47.0 Å². The van der Waals surface area contributed by atoms with Gasteiger partial charge in [0.05, 0.1) is 5.02 Å². The lowest BCUT2D eigenvalue weighted by atomic mass is 10.2. The molecule has 0 unspecified atom stereocenters. The van der Waals surface area contributed by atoms with E-state index in [2.05, 4.69) is 42.6 Å². The van der Waals surface area contributed by atoms with Gasteiger partial charge >= 0.3 is 0 Å². The van der Waals surface area contributed by atoms with Gasteiger partial charge in [-0.15, -0.1) is 5.10 Å². The van der Waals surface area contributed by atoms with Crippen molar-refractivity contribution in [3.05, 3.63) is 26.8 Å². The highest BCUT2D eigenvalue weighted by Crippen LogP contribution is 2.25. The second-order valence-electron chi connectivity index (χ2n) is 3.84. The number of hydrogen-bond acceptors (Lipinski definition) is 6. The largest absolute Gasteiger partial charge is 0.368 e. The number of anilines is 1. The first kappa shape index (κ1) is 13.8. The minimum absolute atomic E-state index is 0.259. The summed E-state index contributed by atoms with van der Waals surface area (Å²) in [6.45, 7) is 0. The summed E-state index contributed by atoms with van der Waals surface area (Å²) in [7, 11) is 0. The average Bonchev–Trinajstić information content (AvgIpc) is 2.86. The van der Waals surface area contributed by atoms with Crippen LogP contribution in [0.2, 0.25) is 5.02 Å². The molecule has 0 atom stereocenters. The van der Waals surface area contributed by atoms with E-state index in [4.69, 9.17) is 17.3 Å². The molecule has 0 bridgehead atoms. The highest BCUT2D eigenvalue weighted by molar-refractivity contribution is 14.1. The van der Waals surface area contributed by atoms with E-state index >= 15 is 0 Å². The van der Waals surface area contributed by atoms with Gasteiger partial charge in [-0.1, -0.05) is 23.4 Å². The molecule has 3 aromatic rings. The molecule has 9 heteroatoms. The number of benzene rings is 1. The molecule has 2 aromatic heterocycles. The van der Waals surface area contributed by atoms with Gasteiger partial charge in [0.15, 0.2) is 11.0 Å². The summed E-state index contributed by atoms with van der Waals surface area (Å²) in [5.74, 6) is 1.20. The number of fused-ring (bicyclic) bond motifs is 1. The van der Waals surface area contributed by atoms with Gasteiger partial charge in [0.25, 0.3) is 5.78 Å². The van der Waals surface area contributed by atoms with Crippen molar-refractivity contribution >= 4 is 57.7 Å². The maximum Gasteiger partial charge on any atom is 0.258 e. The minimum Gasteiger partial charge on any atom is -0.368 e. The predicted octanol–water partition coefficient (Wildman–Crippen LogP) is 2.75. The highest BCUT2D eigenvalue weighted by Gasteiger charge is 2.12. The molecule has 0 radical (unpaired) electrons. The molecule has 20 heavy (non-hydrogen) atoms. The fourth-order valence-electron chi connectivity index (χ4n) is 1.63. The fraction of sp³-hybridized carbons (Fsp3) is 0.0909. The molecule has 0 saturated carbocycles. The van der Waals surface area contributed by atoms with Gasteiger partial charge in [-0.3, -0.25) is 0 Å². The van der Waals surface area contributed by atoms with Crippen molar-refractivity contribution in [2.45, 2.75) is 5.16 Å². The molecular formula is C11H8ClIN6S. The molecule has 1 aromatic carbocycles. The summed E-state index contributed by atoms with van der Waals surface area (Å²) in [5, 5.41) is 5.54. The predicted molar refractivity (Wildman–Crippen MR) is 87.9 cm³/mol. The summed E-state index contributed by atoms with van der Waals surface area (Å²) < 4.78 is 2.39. The van der Waals surface area contributed by atoms with Crippen LogP contribution in [0.15, 0.2) is 23.4 Å². The van der Waals surface area contributed by atoms with E-state index in [0.717, 1.165) is 9.13 Å². The number of rotatable bonds is 2. The Hall–Kier alpha value is -1.13. The van der Waals surface area contributed by atoms with Gasteiger partial charge in [-0.2, -0.15) is 19.5 Å². The number of nitrogen functional groups attached to an aromatic ring is 1. The molecule has 0 fully saturated rings. The normalized spacial score (nSPS) is 11.2. The standard InChI is InChI=1S/C11H8ClIN6S/c1-20-11-16-9(14)19-10(17-11)15-8(18-19)5-2-3-7(13)6(12)4-5/h2-4H,1H3,(H2,14,15,16,17,18). The molecule has 0 saturated heterocycles. The van der Waals surface area contributed by atoms with Crippen LogP contribution in [0.1, 0.15) is 0 Å². The first-order chi connectivity index (χ1) is 9.58. The van der Waals surface area contributed by atoms with Crippen molar-refractivity contribution in [1.82, 2.24) is 24.6 Å². The summed E-state index contributed by atoms with van der Waals surface area (Å²) in [6.07, 6.45) is 1.88. The van der Waals surface area contributed by atoms with Crippen LogP contribution in [-0.2, 0) is 0 Å². The van der Waals surface area contributed by atoms with Crippen molar-refractivity contribution in [3.8, 4) is 11.4 Å². The third-order valence-corrected chi connectivity index (χ3v) is 4.69. The van der Waals surface area contributed by atoms with Gasteiger partial charge in [0.2, 0.25) is 5.95 Å². The van der Waals surface area contributed by atoms with Gasteiger partial charge in [0, 0.05) is 9.13 Å². The van der Waals surface area contributed by atoms with Crippen LogP contribution in [-0.4, -0.2) is 30.8 Å². The number of nitrogens with zero attached hydrogens (tertiary/aromatic N) is 5. The zero-order chi connectivity index (χ0) is 14.3. The zero-order valence-corrected chi connectivity index (χ0v) is 13.9. The first-order valence-electron chi connectivity index (χ1n) is 5.48. The van der Waals surface area contributed by atoms with Crippen LogP contribution in [0.25, 0.3) is 17.2 Å². The topological polar surface area (TPSA) is 82.0 Å². The summed E-state index contributed by atoms with van der Waals surface area (Å²) in [5.41, 5.74) is 6.66. The van der Waals surface area contributed by atoms with E-state index < -0.39 is 0 Å². The summed E-state index contributed by atoms with van der Waals surface area (Å²) in [6, 6.07) is 5.63. The van der Waals surface area contributed by atoms with Gasteiger partial charge < -0.3 is 5.73 Å². The summed E-state index contributed by atoms with van der Waals surface area (Å²) in [4.78, 5) is 12.8. The molecule has 0 spiro atoms. The number of nitrogens with two attached hydrogens (primary N) is 1. The fourth-order valence-corrected chi connectivity index (χ4v) is 2.51. The quantitative estimate of drug-likeness (QED) is 0.509. The Bertz CT molecular complexity index is 805. The Morgan fingerprint density at radius 3 is 2.80 bits per heavy atom. The van der Waals surface area contributed by atoms with Crippen molar-refractivity contribution < 1.29 is 0 Å². The van der Waals surface area contributed by atoms with Crippen molar-refractivity contribution in [2.24, 2.45) is 0 Å². The molecule has 0 aliphatic heterocycles. The molecule has 3 rings (SSSR count). The minimum atomic E-state index is 0.259. The van der Waals surface area contributed by atoms with E-state index in [-0.39, 0.29) is 5.95 Å². The SMILES string of the molecule is CSc1nc(N)n2nc(-c3ccc(I)c(Cl)c3)nc2n1. The van der Waals surface area contributed by atoms with Crippen LogP contribution in [0.3, 0.4) is 0 Å². The number of hydrogen-bond donors (Lipinski definition) is 1. The molecule has 2 heterocycles. The van der Waals surface area contributed by atoms with Crippen LogP contribution in [0, 0.1) is 3.57 Å². The lowest BCUT2D eigenvalue weighted by Crippen LogP contribution is -2.04. The van der Waals surface area contributed by atoms with Crippen molar-refractivity contribution in [2.75, 3.05) is 12.0 Å². The van der Waals surface area contributed by atoms with E-state index in [1.807, 2.05) is 24.5 Å². The van der Waals surface area contributed by atoms with Crippen LogP contribution in [0.5, 0.6) is 0 Å². The van der Waals surface area contributed by atoms with E-state index in [9.17, 15) is 0 Å². The van der Waals surface area contributed by atoms with Gasteiger partial charge in [-0.25, -0.2) is 0 Å². The Kier molecular flexibility index (Phi) is 3.69. The Morgan fingerprint density at radius 2 is 2.10 bits per heavy atom. The zero-order valence-electron chi connectivity index (χ0n) is 10.2. The Morgan fingerprint density at radius 1 is 1.30 bits per heavy atom. The maximum atomic E-state index is 6.12. The number of aromatic nitrogens is 5. The second-order valence-corrected chi connectivity index (χ2v) is 6.19. The lowest BCUT2D eigenvalue weighted by Gasteiger charge is -1.98. The van der Waals surface area contributed by atoms with E-state index in [1.54, 1.807) is 0 Å². The first-order valence-corrected chi connectivity index (χ1v) is 8.16. The molecule has 6 nitrogen and oxygen atoms in total. The molecule has 0 amide bonds. The third-order valence-electron chi connectivity index (χ3n) is 2.57. The number of thioether (sulfide) groups is 1. The molecule has 2 N–H and O–H groups in total. The molecule has 102 valence electrons. The average molecular weight is 419 g/mol. The second kappa shape index (κ2) is 5.34. The van der Waals surface area contributed by atoms with E-state index in [0.29, 0.717) is 21.8 Å². The Labute approximate surface area is 137 Å².